The summed E-state index contributed by atoms with van der Waals surface area (Å²) in [7, 11) is -0.359. The maximum Gasteiger partial charge on any atom is 0.129 e. The van der Waals surface area contributed by atoms with E-state index >= 15 is 0 Å². The van der Waals surface area contributed by atoms with Crippen molar-refractivity contribution in [1.29, 1.82) is 0 Å². The third-order valence-corrected chi connectivity index (χ3v) is 4.47. The van der Waals surface area contributed by atoms with Crippen LogP contribution >= 0.6 is 8.30 Å². The molecule has 1 aromatic rings. The number of para-hydroxylation sites is 1. The lowest BCUT2D eigenvalue weighted by atomic mass is 10.1. The normalized spacial score (nSPS) is 30.4. The van der Waals surface area contributed by atoms with Crippen LogP contribution in [0.1, 0.15) is 5.56 Å². The summed E-state index contributed by atoms with van der Waals surface area (Å²) in [6, 6.07) is 9.30. The van der Waals surface area contributed by atoms with Crippen LogP contribution in [0.4, 0.5) is 5.69 Å². The number of fused-ring (bicyclic) bond motifs is 3. The van der Waals surface area contributed by atoms with Crippen LogP contribution in [0.25, 0.3) is 0 Å². The van der Waals surface area contributed by atoms with Crippen molar-refractivity contribution in [3.05, 3.63) is 29.8 Å². The molecular formula is C10H12NOP. The first-order valence-corrected chi connectivity index (χ1v) is 6.26. The van der Waals surface area contributed by atoms with E-state index in [9.17, 15) is 0 Å². The maximum atomic E-state index is 5.67. The van der Waals surface area contributed by atoms with E-state index in [0.717, 1.165) is 6.61 Å². The molecule has 1 fully saturated rings. The second-order valence-corrected chi connectivity index (χ2v) is 5.21. The molecule has 2 nitrogen and oxygen atoms in total. The molecule has 0 spiro atoms. The summed E-state index contributed by atoms with van der Waals surface area (Å²) in [5, 5.41) is 0. The number of hydrogen-bond donors (Lipinski definition) is 0. The van der Waals surface area contributed by atoms with Gasteiger partial charge < -0.3 is 9.19 Å². The summed E-state index contributed by atoms with van der Waals surface area (Å²) >= 11 is 0. The van der Waals surface area contributed by atoms with Crippen molar-refractivity contribution in [2.24, 2.45) is 0 Å². The van der Waals surface area contributed by atoms with Gasteiger partial charge in [-0.15, -0.1) is 0 Å². The molecule has 2 aliphatic heterocycles. The Kier molecular flexibility index (Phi) is 1.61. The zero-order chi connectivity index (χ0) is 8.84. The van der Waals surface area contributed by atoms with Crippen molar-refractivity contribution < 1.29 is 4.52 Å². The van der Waals surface area contributed by atoms with Crippen LogP contribution < -0.4 is 4.67 Å². The molecule has 13 heavy (non-hydrogen) atoms. The van der Waals surface area contributed by atoms with Crippen LogP contribution in [0.5, 0.6) is 0 Å². The molecule has 0 radical (unpaired) electrons. The van der Waals surface area contributed by atoms with E-state index in [1.165, 1.54) is 17.7 Å². The van der Waals surface area contributed by atoms with E-state index in [2.05, 4.69) is 35.6 Å². The Balaban J connectivity index is 2.08. The molecule has 68 valence electrons. The Morgan fingerprint density at radius 3 is 3.23 bits per heavy atom. The molecule has 1 saturated heterocycles. The van der Waals surface area contributed by atoms with E-state index < -0.39 is 0 Å². The minimum atomic E-state index is -0.359. The highest BCUT2D eigenvalue weighted by atomic mass is 31.2. The fraction of sp³-hybridized carbons (Fsp3) is 0.400. The molecule has 3 rings (SSSR count). The number of anilines is 1. The van der Waals surface area contributed by atoms with Crippen LogP contribution in [0.2, 0.25) is 0 Å². The monoisotopic (exact) mass is 193 g/mol. The first-order chi connectivity index (χ1) is 6.36. The topological polar surface area (TPSA) is 12.5 Å². The standard InChI is InChI=1S/C10H12NOP/c1-13-11-9(7-12-13)6-8-4-2-3-5-10(8)11/h2-5,9H,6-7H2,1H3/t9-,13+/m1/s1. The zero-order valence-corrected chi connectivity index (χ0v) is 8.50. The molecule has 2 aliphatic rings. The molecule has 0 N–H and O–H groups in total. The second-order valence-electron chi connectivity index (χ2n) is 3.59. The summed E-state index contributed by atoms with van der Waals surface area (Å²) < 4.78 is 8.13. The van der Waals surface area contributed by atoms with Crippen molar-refractivity contribution >= 4 is 14.0 Å². The average molecular weight is 193 g/mol. The number of benzene rings is 1. The van der Waals surface area contributed by atoms with Crippen LogP contribution in [-0.4, -0.2) is 19.3 Å². The molecular weight excluding hydrogens is 181 g/mol. The van der Waals surface area contributed by atoms with Gasteiger partial charge in [-0.1, -0.05) is 18.2 Å². The van der Waals surface area contributed by atoms with Crippen LogP contribution in [-0.2, 0) is 10.9 Å². The van der Waals surface area contributed by atoms with Gasteiger partial charge in [-0.2, -0.15) is 0 Å². The predicted molar refractivity (Wildman–Crippen MR) is 55.2 cm³/mol. The molecule has 0 saturated carbocycles. The highest BCUT2D eigenvalue weighted by Crippen LogP contribution is 2.53. The summed E-state index contributed by atoms with van der Waals surface area (Å²) in [5.74, 6) is 0. The molecule has 0 amide bonds. The van der Waals surface area contributed by atoms with Crippen molar-refractivity contribution in [2.45, 2.75) is 12.5 Å². The van der Waals surface area contributed by atoms with E-state index in [1.807, 2.05) is 0 Å². The number of hydrogen-bond acceptors (Lipinski definition) is 2. The van der Waals surface area contributed by atoms with Crippen molar-refractivity contribution in [1.82, 2.24) is 0 Å². The molecule has 0 bridgehead atoms. The van der Waals surface area contributed by atoms with E-state index in [-0.39, 0.29) is 8.30 Å². The van der Waals surface area contributed by atoms with Gasteiger partial charge in [0.2, 0.25) is 0 Å². The summed E-state index contributed by atoms with van der Waals surface area (Å²) in [5.41, 5.74) is 2.89. The van der Waals surface area contributed by atoms with E-state index in [0.29, 0.717) is 6.04 Å². The first kappa shape index (κ1) is 7.78. The smallest absolute Gasteiger partial charge is 0.129 e. The van der Waals surface area contributed by atoms with Crippen molar-refractivity contribution in [3.8, 4) is 0 Å². The lowest BCUT2D eigenvalue weighted by molar-refractivity contribution is 0.365. The maximum absolute atomic E-state index is 5.67. The average Bonchev–Trinajstić information content (AvgIpc) is 2.66. The van der Waals surface area contributed by atoms with Crippen LogP contribution in [0.15, 0.2) is 24.3 Å². The van der Waals surface area contributed by atoms with Gasteiger partial charge >= 0.3 is 0 Å². The van der Waals surface area contributed by atoms with Gasteiger partial charge in [0.25, 0.3) is 0 Å². The highest BCUT2D eigenvalue weighted by molar-refractivity contribution is 7.53. The van der Waals surface area contributed by atoms with Gasteiger partial charge in [-0.25, -0.2) is 0 Å². The molecule has 2 atom stereocenters. The lowest BCUT2D eigenvalue weighted by Crippen LogP contribution is -2.22. The second kappa shape index (κ2) is 2.70. The van der Waals surface area contributed by atoms with Gasteiger partial charge in [-0.3, -0.25) is 0 Å². The van der Waals surface area contributed by atoms with E-state index in [1.54, 1.807) is 0 Å². The molecule has 1 aromatic carbocycles. The van der Waals surface area contributed by atoms with Gasteiger partial charge in [0.15, 0.2) is 0 Å². The van der Waals surface area contributed by atoms with Gasteiger partial charge in [-0.05, 0) is 24.7 Å². The molecule has 3 heteroatoms. The third kappa shape index (κ3) is 1.02. The Labute approximate surface area is 79.4 Å². The van der Waals surface area contributed by atoms with E-state index in [4.69, 9.17) is 4.52 Å². The first-order valence-electron chi connectivity index (χ1n) is 4.60. The third-order valence-electron chi connectivity index (χ3n) is 2.80. The minimum absolute atomic E-state index is 0.359. The predicted octanol–water partition coefficient (Wildman–Crippen LogP) is 2.39. The van der Waals surface area contributed by atoms with Crippen molar-refractivity contribution in [3.63, 3.8) is 0 Å². The SMILES string of the molecule is C[P@]1OC[C@H]2Cc3ccccc3N21. The summed E-state index contributed by atoms with van der Waals surface area (Å²) in [4.78, 5) is 0. The molecule has 0 aromatic heterocycles. The zero-order valence-electron chi connectivity index (χ0n) is 7.60. The highest BCUT2D eigenvalue weighted by Gasteiger charge is 2.38. The quantitative estimate of drug-likeness (QED) is 0.586. The van der Waals surface area contributed by atoms with Crippen LogP contribution in [0.3, 0.4) is 0 Å². The Morgan fingerprint density at radius 2 is 2.31 bits per heavy atom. The number of rotatable bonds is 0. The van der Waals surface area contributed by atoms with Gasteiger partial charge in [0.1, 0.15) is 8.30 Å². The fourth-order valence-corrected chi connectivity index (χ4v) is 3.83. The van der Waals surface area contributed by atoms with Gasteiger partial charge in [0, 0.05) is 5.69 Å². The molecule has 0 unspecified atom stereocenters. The van der Waals surface area contributed by atoms with Crippen molar-refractivity contribution in [2.75, 3.05) is 17.9 Å². The summed E-state index contributed by atoms with van der Waals surface area (Å²) in [6.45, 7) is 3.11. The Morgan fingerprint density at radius 1 is 1.46 bits per heavy atom. The van der Waals surface area contributed by atoms with Gasteiger partial charge in [0.05, 0.1) is 12.6 Å². The number of nitrogens with zero attached hydrogens (tertiary/aromatic N) is 1. The molecule has 0 aliphatic carbocycles. The largest absolute Gasteiger partial charge is 0.337 e. The summed E-state index contributed by atoms with van der Waals surface area (Å²) in [6.07, 6.45) is 1.17. The Hall–Kier alpha value is -0.590. The Bertz CT molecular complexity index is 341. The lowest BCUT2D eigenvalue weighted by Gasteiger charge is -2.20. The van der Waals surface area contributed by atoms with Crippen LogP contribution in [0, 0.1) is 0 Å². The fourth-order valence-electron chi connectivity index (χ4n) is 2.21. The molecule has 2 heterocycles. The minimum Gasteiger partial charge on any atom is -0.337 e.